The van der Waals surface area contributed by atoms with Crippen molar-refractivity contribution in [3.8, 4) is 0 Å². The lowest BCUT2D eigenvalue weighted by atomic mass is 10.0. The van der Waals surface area contributed by atoms with Gasteiger partial charge in [-0.25, -0.2) is 0 Å². The van der Waals surface area contributed by atoms with Crippen molar-refractivity contribution in [3.05, 3.63) is 65.5 Å². The van der Waals surface area contributed by atoms with Crippen molar-refractivity contribution in [2.45, 2.75) is 32.6 Å². The lowest BCUT2D eigenvalue weighted by molar-refractivity contribution is 0.0952. The van der Waals surface area contributed by atoms with Crippen molar-refractivity contribution in [2.75, 3.05) is 6.54 Å². The van der Waals surface area contributed by atoms with Gasteiger partial charge in [0.2, 0.25) is 0 Å². The van der Waals surface area contributed by atoms with Gasteiger partial charge in [-0.1, -0.05) is 32.0 Å². The predicted octanol–water partition coefficient (Wildman–Crippen LogP) is 3.57. The maximum atomic E-state index is 12.0. The molecule has 110 valence electrons. The van der Waals surface area contributed by atoms with Crippen LogP contribution in [0.2, 0.25) is 0 Å². The average molecular weight is 282 g/mol. The summed E-state index contributed by atoms with van der Waals surface area (Å²) in [6.07, 6.45) is 3.68. The normalized spacial score (nSPS) is 11.9. The number of nitrogens with zero attached hydrogens (tertiary/aromatic N) is 1. The van der Waals surface area contributed by atoms with Crippen molar-refractivity contribution < 1.29 is 4.79 Å². The Morgan fingerprint density at radius 3 is 2.57 bits per heavy atom. The molecule has 0 spiro atoms. The van der Waals surface area contributed by atoms with Crippen LogP contribution in [0.1, 0.15) is 47.8 Å². The van der Waals surface area contributed by atoms with Crippen LogP contribution < -0.4 is 5.32 Å². The summed E-state index contributed by atoms with van der Waals surface area (Å²) in [5.41, 5.74) is 3.03. The molecule has 0 radical (unpaired) electrons. The molecule has 0 aliphatic heterocycles. The van der Waals surface area contributed by atoms with Crippen LogP contribution in [0.15, 0.2) is 48.7 Å². The molecule has 3 nitrogen and oxygen atoms in total. The summed E-state index contributed by atoms with van der Waals surface area (Å²) in [4.78, 5) is 16.4. The zero-order chi connectivity index (χ0) is 15.1. The number of rotatable bonds is 6. The highest BCUT2D eigenvalue weighted by Crippen LogP contribution is 2.15. The number of hydrogen-bond acceptors (Lipinski definition) is 2. The van der Waals surface area contributed by atoms with Gasteiger partial charge in [0.1, 0.15) is 0 Å². The van der Waals surface area contributed by atoms with E-state index in [0.29, 0.717) is 12.5 Å². The fourth-order valence-electron chi connectivity index (χ4n) is 2.21. The van der Waals surface area contributed by atoms with E-state index in [1.165, 1.54) is 5.56 Å². The van der Waals surface area contributed by atoms with E-state index in [-0.39, 0.29) is 5.91 Å². The molecular formula is C18H22N2O. The van der Waals surface area contributed by atoms with Gasteiger partial charge in [0, 0.05) is 29.9 Å². The van der Waals surface area contributed by atoms with Crippen LogP contribution in [0.3, 0.4) is 0 Å². The summed E-state index contributed by atoms with van der Waals surface area (Å²) in [6, 6.07) is 13.7. The molecule has 2 aromatic rings. The van der Waals surface area contributed by atoms with Crippen LogP contribution in [-0.4, -0.2) is 17.4 Å². The molecule has 2 rings (SSSR count). The zero-order valence-corrected chi connectivity index (χ0v) is 12.7. The Hall–Kier alpha value is -2.16. The molecule has 0 bridgehead atoms. The zero-order valence-electron chi connectivity index (χ0n) is 12.7. The van der Waals surface area contributed by atoms with Gasteiger partial charge in [0.05, 0.1) is 0 Å². The lowest BCUT2D eigenvalue weighted by Gasteiger charge is -2.11. The first-order valence-corrected chi connectivity index (χ1v) is 7.48. The van der Waals surface area contributed by atoms with Crippen LogP contribution in [0.4, 0.5) is 0 Å². The number of carbonyl (C=O) groups is 1. The van der Waals surface area contributed by atoms with E-state index in [1.807, 2.05) is 42.5 Å². The van der Waals surface area contributed by atoms with Gasteiger partial charge in [-0.05, 0) is 42.7 Å². The van der Waals surface area contributed by atoms with E-state index in [4.69, 9.17) is 0 Å². The van der Waals surface area contributed by atoms with E-state index in [9.17, 15) is 4.79 Å². The highest BCUT2D eigenvalue weighted by atomic mass is 16.1. The Bertz CT molecular complexity index is 564. The van der Waals surface area contributed by atoms with Crippen LogP contribution in [0.25, 0.3) is 0 Å². The SMILES string of the molecule is CCc1ccc(C(=O)NCCC(C)c2ccccn2)cc1. The Morgan fingerprint density at radius 1 is 1.19 bits per heavy atom. The van der Waals surface area contributed by atoms with E-state index in [1.54, 1.807) is 6.20 Å². The van der Waals surface area contributed by atoms with Gasteiger partial charge in [0.15, 0.2) is 0 Å². The molecule has 0 fully saturated rings. The van der Waals surface area contributed by atoms with Gasteiger partial charge in [-0.2, -0.15) is 0 Å². The topological polar surface area (TPSA) is 42.0 Å². The summed E-state index contributed by atoms with van der Waals surface area (Å²) in [7, 11) is 0. The summed E-state index contributed by atoms with van der Waals surface area (Å²) in [5.74, 6) is 0.333. The maximum absolute atomic E-state index is 12.0. The van der Waals surface area contributed by atoms with Crippen molar-refractivity contribution in [1.29, 1.82) is 0 Å². The second-order valence-electron chi connectivity index (χ2n) is 5.25. The Balaban J connectivity index is 1.81. The molecular weight excluding hydrogens is 260 g/mol. The molecule has 1 amide bonds. The van der Waals surface area contributed by atoms with E-state index < -0.39 is 0 Å². The Labute approximate surface area is 126 Å². The first kappa shape index (κ1) is 15.2. The second-order valence-corrected chi connectivity index (χ2v) is 5.25. The molecule has 1 aromatic heterocycles. The Morgan fingerprint density at radius 2 is 1.95 bits per heavy atom. The van der Waals surface area contributed by atoms with Gasteiger partial charge >= 0.3 is 0 Å². The van der Waals surface area contributed by atoms with Gasteiger partial charge in [-0.3, -0.25) is 9.78 Å². The molecule has 0 saturated heterocycles. The fourth-order valence-corrected chi connectivity index (χ4v) is 2.21. The summed E-state index contributed by atoms with van der Waals surface area (Å²) in [6.45, 7) is 4.89. The predicted molar refractivity (Wildman–Crippen MR) is 85.4 cm³/mol. The number of amides is 1. The summed E-state index contributed by atoms with van der Waals surface area (Å²) < 4.78 is 0. The second kappa shape index (κ2) is 7.58. The van der Waals surface area contributed by atoms with Crippen LogP contribution >= 0.6 is 0 Å². The largest absolute Gasteiger partial charge is 0.352 e. The first-order valence-electron chi connectivity index (χ1n) is 7.48. The van der Waals surface area contributed by atoms with Crippen LogP contribution in [0, 0.1) is 0 Å². The van der Waals surface area contributed by atoms with Gasteiger partial charge in [-0.15, -0.1) is 0 Å². The highest BCUT2D eigenvalue weighted by Gasteiger charge is 2.08. The molecule has 0 saturated carbocycles. The molecule has 1 unspecified atom stereocenters. The molecule has 1 heterocycles. The third-order valence-electron chi connectivity index (χ3n) is 3.68. The van der Waals surface area contributed by atoms with Crippen LogP contribution in [-0.2, 0) is 6.42 Å². The molecule has 1 aromatic carbocycles. The molecule has 3 heteroatoms. The smallest absolute Gasteiger partial charge is 0.251 e. The summed E-state index contributed by atoms with van der Waals surface area (Å²) >= 11 is 0. The number of hydrogen-bond donors (Lipinski definition) is 1. The number of carbonyl (C=O) groups excluding carboxylic acids is 1. The monoisotopic (exact) mass is 282 g/mol. The maximum Gasteiger partial charge on any atom is 0.251 e. The standard InChI is InChI=1S/C18H22N2O/c1-3-15-7-9-16(10-8-15)18(21)20-13-11-14(2)17-6-4-5-12-19-17/h4-10,12,14H,3,11,13H2,1-2H3,(H,20,21). The van der Waals surface area contributed by atoms with E-state index in [2.05, 4.69) is 24.1 Å². The van der Waals surface area contributed by atoms with Crippen LogP contribution in [0.5, 0.6) is 0 Å². The molecule has 1 N–H and O–H groups in total. The van der Waals surface area contributed by atoms with Crippen molar-refractivity contribution in [1.82, 2.24) is 10.3 Å². The molecule has 0 aliphatic rings. The average Bonchev–Trinajstić information content (AvgIpc) is 2.55. The number of aryl methyl sites for hydroxylation is 1. The van der Waals surface area contributed by atoms with Crippen molar-refractivity contribution >= 4 is 5.91 Å². The van der Waals surface area contributed by atoms with E-state index >= 15 is 0 Å². The number of pyridine rings is 1. The minimum absolute atomic E-state index is 0.00845. The fraction of sp³-hybridized carbons (Fsp3) is 0.333. The van der Waals surface area contributed by atoms with Gasteiger partial charge in [0.25, 0.3) is 5.91 Å². The van der Waals surface area contributed by atoms with Crippen molar-refractivity contribution in [2.24, 2.45) is 0 Å². The Kier molecular flexibility index (Phi) is 5.50. The summed E-state index contributed by atoms with van der Waals surface area (Å²) in [5, 5.41) is 2.97. The number of nitrogens with one attached hydrogen (secondary N) is 1. The highest BCUT2D eigenvalue weighted by molar-refractivity contribution is 5.94. The minimum Gasteiger partial charge on any atom is -0.352 e. The van der Waals surface area contributed by atoms with Gasteiger partial charge < -0.3 is 5.32 Å². The minimum atomic E-state index is -0.00845. The van der Waals surface area contributed by atoms with E-state index in [0.717, 1.165) is 24.1 Å². The van der Waals surface area contributed by atoms with Crippen molar-refractivity contribution in [3.63, 3.8) is 0 Å². The quantitative estimate of drug-likeness (QED) is 0.880. The number of aromatic nitrogens is 1. The first-order chi connectivity index (χ1) is 10.2. The lowest BCUT2D eigenvalue weighted by Crippen LogP contribution is -2.25. The molecule has 21 heavy (non-hydrogen) atoms. The molecule has 1 atom stereocenters. The third kappa shape index (κ3) is 4.42. The third-order valence-corrected chi connectivity index (χ3v) is 3.68. The number of benzene rings is 1. The molecule has 0 aliphatic carbocycles.